The number of nitrogens with one attached hydrogen (secondary N) is 1. The first-order chi connectivity index (χ1) is 15.6. The number of rotatable bonds is 9. The summed E-state index contributed by atoms with van der Waals surface area (Å²) >= 11 is 0. The van der Waals surface area contributed by atoms with Crippen LogP contribution in [0.4, 0.5) is 5.69 Å². The molecule has 7 heteroatoms. The summed E-state index contributed by atoms with van der Waals surface area (Å²) in [4.78, 5) is 9.54. The lowest BCUT2D eigenvalue weighted by molar-refractivity contribution is 0.248. The van der Waals surface area contributed by atoms with E-state index >= 15 is 0 Å². The summed E-state index contributed by atoms with van der Waals surface area (Å²) in [6.45, 7) is 6.99. The molecular formula is C25H35N5O2. The molecular weight excluding hydrogens is 402 g/mol. The SMILES string of the molecule is COc1ccc(CN=C(N)NCc2ccc(N3CCN(CC4CC4)CC3)cc2)cc1OC. The summed E-state index contributed by atoms with van der Waals surface area (Å²) in [5.74, 6) is 2.80. The van der Waals surface area contributed by atoms with Gasteiger partial charge in [-0.05, 0) is 54.2 Å². The molecule has 1 aliphatic heterocycles. The molecule has 0 atom stereocenters. The maximum atomic E-state index is 6.06. The van der Waals surface area contributed by atoms with E-state index < -0.39 is 0 Å². The van der Waals surface area contributed by atoms with Crippen LogP contribution in [0.25, 0.3) is 0 Å². The number of piperazine rings is 1. The number of ether oxygens (including phenoxy) is 2. The number of aliphatic imine (C=N–C) groups is 1. The van der Waals surface area contributed by atoms with Gasteiger partial charge in [0.15, 0.2) is 17.5 Å². The second-order valence-electron chi connectivity index (χ2n) is 8.64. The van der Waals surface area contributed by atoms with Gasteiger partial charge < -0.3 is 25.4 Å². The first-order valence-electron chi connectivity index (χ1n) is 11.5. The van der Waals surface area contributed by atoms with Gasteiger partial charge in [0, 0.05) is 45.0 Å². The molecule has 32 heavy (non-hydrogen) atoms. The Hall–Kier alpha value is -2.93. The lowest BCUT2D eigenvalue weighted by atomic mass is 10.1. The van der Waals surface area contributed by atoms with Gasteiger partial charge in [-0.15, -0.1) is 0 Å². The van der Waals surface area contributed by atoms with Crippen molar-refractivity contribution in [1.82, 2.24) is 10.2 Å². The Morgan fingerprint density at radius 3 is 2.31 bits per heavy atom. The topological polar surface area (TPSA) is 75.4 Å². The van der Waals surface area contributed by atoms with Crippen LogP contribution in [0.5, 0.6) is 11.5 Å². The summed E-state index contributed by atoms with van der Waals surface area (Å²) in [5.41, 5.74) is 9.56. The van der Waals surface area contributed by atoms with Gasteiger partial charge in [0.05, 0.1) is 20.8 Å². The lowest BCUT2D eigenvalue weighted by Gasteiger charge is -2.36. The maximum absolute atomic E-state index is 6.06. The minimum atomic E-state index is 0.427. The Balaban J connectivity index is 1.23. The van der Waals surface area contributed by atoms with Crippen molar-refractivity contribution >= 4 is 11.6 Å². The van der Waals surface area contributed by atoms with Crippen molar-refractivity contribution < 1.29 is 9.47 Å². The standard InChI is InChI=1S/C25H35N5O2/c1-31-23-10-7-21(15-24(23)32-2)17-28-25(26)27-16-19-5-8-22(9-6-19)30-13-11-29(12-14-30)18-20-3-4-20/h5-10,15,20H,3-4,11-14,16-18H2,1-2H3,(H3,26,27,28). The average Bonchev–Trinajstić information content (AvgIpc) is 3.66. The van der Waals surface area contributed by atoms with Gasteiger partial charge >= 0.3 is 0 Å². The molecule has 1 saturated carbocycles. The molecule has 0 aromatic heterocycles. The fourth-order valence-electron chi connectivity index (χ4n) is 4.08. The molecule has 0 unspecified atom stereocenters. The predicted molar refractivity (Wildman–Crippen MR) is 130 cm³/mol. The zero-order valence-electron chi connectivity index (χ0n) is 19.2. The number of hydrogen-bond acceptors (Lipinski definition) is 5. The highest BCUT2D eigenvalue weighted by Gasteiger charge is 2.26. The van der Waals surface area contributed by atoms with Crippen LogP contribution in [0.15, 0.2) is 47.5 Å². The summed E-state index contributed by atoms with van der Waals surface area (Å²) in [6, 6.07) is 14.5. The van der Waals surface area contributed by atoms with E-state index in [1.54, 1.807) is 14.2 Å². The molecule has 1 heterocycles. The van der Waals surface area contributed by atoms with Crippen LogP contribution in [0.2, 0.25) is 0 Å². The van der Waals surface area contributed by atoms with Crippen LogP contribution in [0.3, 0.4) is 0 Å². The molecule has 0 radical (unpaired) electrons. The van der Waals surface area contributed by atoms with Crippen LogP contribution in [0.1, 0.15) is 24.0 Å². The maximum Gasteiger partial charge on any atom is 0.189 e. The van der Waals surface area contributed by atoms with Gasteiger partial charge in [-0.25, -0.2) is 4.99 Å². The first kappa shape index (κ1) is 22.3. The average molecular weight is 438 g/mol. The highest BCUT2D eigenvalue weighted by Crippen LogP contribution is 2.30. The van der Waals surface area contributed by atoms with Gasteiger partial charge in [0.2, 0.25) is 0 Å². The highest BCUT2D eigenvalue weighted by molar-refractivity contribution is 5.77. The number of nitrogens with zero attached hydrogens (tertiary/aromatic N) is 3. The molecule has 4 rings (SSSR count). The van der Waals surface area contributed by atoms with Gasteiger partial charge in [0.1, 0.15) is 0 Å². The molecule has 2 fully saturated rings. The van der Waals surface area contributed by atoms with Crippen LogP contribution in [0, 0.1) is 5.92 Å². The van der Waals surface area contributed by atoms with E-state index in [0.29, 0.717) is 30.5 Å². The third-order valence-electron chi connectivity index (χ3n) is 6.24. The molecule has 0 bridgehead atoms. The summed E-state index contributed by atoms with van der Waals surface area (Å²) in [6.07, 6.45) is 2.86. The molecule has 0 amide bonds. The Bertz CT molecular complexity index is 903. The van der Waals surface area contributed by atoms with Crippen molar-refractivity contribution in [2.24, 2.45) is 16.6 Å². The third kappa shape index (κ3) is 6.07. The number of methoxy groups -OCH3 is 2. The largest absolute Gasteiger partial charge is 0.493 e. The minimum Gasteiger partial charge on any atom is -0.493 e. The number of nitrogens with two attached hydrogens (primary N) is 1. The normalized spacial score (nSPS) is 17.3. The van der Waals surface area contributed by atoms with Gasteiger partial charge in [-0.2, -0.15) is 0 Å². The van der Waals surface area contributed by atoms with E-state index in [1.165, 1.54) is 43.7 Å². The zero-order valence-corrected chi connectivity index (χ0v) is 19.2. The van der Waals surface area contributed by atoms with E-state index in [-0.39, 0.29) is 0 Å². The van der Waals surface area contributed by atoms with Crippen molar-refractivity contribution in [3.05, 3.63) is 53.6 Å². The van der Waals surface area contributed by atoms with E-state index in [0.717, 1.165) is 24.6 Å². The summed E-state index contributed by atoms with van der Waals surface area (Å²) < 4.78 is 10.6. The number of hydrogen-bond donors (Lipinski definition) is 2. The predicted octanol–water partition coefficient (Wildman–Crippen LogP) is 2.84. The molecule has 0 spiro atoms. The monoisotopic (exact) mass is 437 g/mol. The van der Waals surface area contributed by atoms with Crippen LogP contribution < -0.4 is 25.4 Å². The summed E-state index contributed by atoms with van der Waals surface area (Å²) in [5, 5.41) is 3.20. The van der Waals surface area contributed by atoms with Crippen LogP contribution in [-0.2, 0) is 13.1 Å². The molecule has 1 saturated heterocycles. The highest BCUT2D eigenvalue weighted by atomic mass is 16.5. The zero-order chi connectivity index (χ0) is 22.3. The van der Waals surface area contributed by atoms with Gasteiger partial charge in [-0.1, -0.05) is 18.2 Å². The molecule has 3 N–H and O–H groups in total. The Kier molecular flexibility index (Phi) is 7.37. The molecule has 1 aliphatic carbocycles. The number of anilines is 1. The van der Waals surface area contributed by atoms with E-state index in [9.17, 15) is 0 Å². The van der Waals surface area contributed by atoms with E-state index in [2.05, 4.69) is 44.4 Å². The Morgan fingerprint density at radius 1 is 0.969 bits per heavy atom. The van der Waals surface area contributed by atoms with Crippen LogP contribution in [-0.4, -0.2) is 57.8 Å². The first-order valence-corrected chi connectivity index (χ1v) is 11.5. The molecule has 2 aromatic carbocycles. The van der Waals surface area contributed by atoms with Crippen molar-refractivity contribution in [3.8, 4) is 11.5 Å². The number of benzene rings is 2. The van der Waals surface area contributed by atoms with Crippen molar-refractivity contribution in [2.75, 3.05) is 51.8 Å². The fourth-order valence-corrected chi connectivity index (χ4v) is 4.08. The van der Waals surface area contributed by atoms with Crippen molar-refractivity contribution in [2.45, 2.75) is 25.9 Å². The second-order valence-corrected chi connectivity index (χ2v) is 8.64. The minimum absolute atomic E-state index is 0.427. The Morgan fingerprint density at radius 2 is 1.66 bits per heavy atom. The number of guanidine groups is 1. The lowest BCUT2D eigenvalue weighted by Crippen LogP contribution is -2.47. The summed E-state index contributed by atoms with van der Waals surface area (Å²) in [7, 11) is 3.25. The Labute approximate surface area is 191 Å². The quantitative estimate of drug-likeness (QED) is 0.464. The van der Waals surface area contributed by atoms with Crippen LogP contribution >= 0.6 is 0 Å². The molecule has 2 aromatic rings. The van der Waals surface area contributed by atoms with E-state index in [4.69, 9.17) is 15.2 Å². The second kappa shape index (κ2) is 10.6. The van der Waals surface area contributed by atoms with Gasteiger partial charge in [-0.3, -0.25) is 4.90 Å². The fraction of sp³-hybridized carbons (Fsp3) is 0.480. The third-order valence-corrected chi connectivity index (χ3v) is 6.24. The van der Waals surface area contributed by atoms with Gasteiger partial charge in [0.25, 0.3) is 0 Å². The molecule has 2 aliphatic rings. The van der Waals surface area contributed by atoms with Crippen molar-refractivity contribution in [1.29, 1.82) is 0 Å². The molecule has 7 nitrogen and oxygen atoms in total. The smallest absolute Gasteiger partial charge is 0.189 e. The molecule has 172 valence electrons. The van der Waals surface area contributed by atoms with E-state index in [1.807, 2.05) is 18.2 Å². The van der Waals surface area contributed by atoms with Crippen molar-refractivity contribution in [3.63, 3.8) is 0 Å².